The first-order chi connectivity index (χ1) is 8.69. The normalized spacial score (nSPS) is 10.1. The molecule has 3 N–H and O–H groups in total. The summed E-state index contributed by atoms with van der Waals surface area (Å²) in [5.74, 6) is 0.691. The molecular weight excluding hydrogens is 248 g/mol. The second-order valence-corrected chi connectivity index (χ2v) is 4.25. The van der Waals surface area contributed by atoms with E-state index < -0.39 is 0 Å². The second kappa shape index (κ2) is 5.65. The maximum absolute atomic E-state index is 5.84. The molecule has 3 nitrogen and oxygen atoms in total. The molecule has 18 heavy (non-hydrogen) atoms. The minimum atomic E-state index is 0.592. The van der Waals surface area contributed by atoms with Gasteiger partial charge in [0.15, 0.2) is 0 Å². The summed E-state index contributed by atoms with van der Waals surface area (Å²) in [5.41, 5.74) is 8.35. The van der Waals surface area contributed by atoms with Crippen LogP contribution in [0.15, 0.2) is 42.5 Å². The van der Waals surface area contributed by atoms with Crippen LogP contribution in [-0.4, -0.2) is 6.61 Å². The van der Waals surface area contributed by atoms with Crippen molar-refractivity contribution in [1.29, 1.82) is 0 Å². The fourth-order valence-corrected chi connectivity index (χ4v) is 1.72. The lowest BCUT2D eigenvalue weighted by Crippen LogP contribution is -1.98. The van der Waals surface area contributed by atoms with Crippen molar-refractivity contribution < 1.29 is 4.74 Å². The standard InChI is InChI=1S/C14H15ClN2O/c1-2-18-14-9-12(7-8-13(14)16)17-11-5-3-10(15)4-6-11/h3-9,17H,2,16H2,1H3. The van der Waals surface area contributed by atoms with E-state index in [1.54, 1.807) is 0 Å². The van der Waals surface area contributed by atoms with E-state index in [9.17, 15) is 0 Å². The minimum absolute atomic E-state index is 0.592. The molecule has 0 heterocycles. The third kappa shape index (κ3) is 3.08. The van der Waals surface area contributed by atoms with Gasteiger partial charge < -0.3 is 15.8 Å². The van der Waals surface area contributed by atoms with Gasteiger partial charge in [-0.2, -0.15) is 0 Å². The molecule has 0 atom stereocenters. The topological polar surface area (TPSA) is 47.3 Å². The third-order valence-electron chi connectivity index (χ3n) is 2.45. The molecule has 0 saturated carbocycles. The molecule has 0 aromatic heterocycles. The molecule has 0 aliphatic rings. The largest absolute Gasteiger partial charge is 0.492 e. The molecule has 0 spiro atoms. The summed E-state index contributed by atoms with van der Waals surface area (Å²) in [5, 5.41) is 3.98. The van der Waals surface area contributed by atoms with E-state index in [0.29, 0.717) is 23.1 Å². The van der Waals surface area contributed by atoms with Crippen LogP contribution in [0.4, 0.5) is 17.1 Å². The van der Waals surface area contributed by atoms with E-state index in [2.05, 4.69) is 5.32 Å². The first-order valence-electron chi connectivity index (χ1n) is 5.74. The van der Waals surface area contributed by atoms with Crippen LogP contribution >= 0.6 is 11.6 Å². The summed E-state index contributed by atoms with van der Waals surface area (Å²) in [6, 6.07) is 13.1. The molecule has 0 unspecified atom stereocenters. The van der Waals surface area contributed by atoms with Crippen molar-refractivity contribution in [3.05, 3.63) is 47.5 Å². The lowest BCUT2D eigenvalue weighted by atomic mass is 10.2. The van der Waals surface area contributed by atoms with Gasteiger partial charge in [-0.25, -0.2) is 0 Å². The zero-order chi connectivity index (χ0) is 13.0. The first-order valence-corrected chi connectivity index (χ1v) is 6.11. The second-order valence-electron chi connectivity index (χ2n) is 3.82. The Kier molecular flexibility index (Phi) is 3.95. The SMILES string of the molecule is CCOc1cc(Nc2ccc(Cl)cc2)ccc1N. The number of ether oxygens (including phenoxy) is 1. The summed E-state index contributed by atoms with van der Waals surface area (Å²) < 4.78 is 5.45. The summed E-state index contributed by atoms with van der Waals surface area (Å²) in [7, 11) is 0. The molecule has 0 bridgehead atoms. The maximum atomic E-state index is 5.84. The van der Waals surface area contributed by atoms with Gasteiger partial charge in [0.25, 0.3) is 0 Å². The average molecular weight is 263 g/mol. The summed E-state index contributed by atoms with van der Waals surface area (Å²) >= 11 is 5.84. The Labute approximate surface area is 112 Å². The Hall–Kier alpha value is -1.87. The van der Waals surface area contributed by atoms with Crippen LogP contribution in [0.3, 0.4) is 0 Å². The third-order valence-corrected chi connectivity index (χ3v) is 2.70. The lowest BCUT2D eigenvalue weighted by molar-refractivity contribution is 0.342. The molecule has 94 valence electrons. The lowest BCUT2D eigenvalue weighted by Gasteiger charge is -2.11. The van der Waals surface area contributed by atoms with Crippen LogP contribution < -0.4 is 15.8 Å². The van der Waals surface area contributed by atoms with Gasteiger partial charge in [-0.1, -0.05) is 11.6 Å². The van der Waals surface area contributed by atoms with Crippen molar-refractivity contribution >= 4 is 28.7 Å². The number of nitrogens with one attached hydrogen (secondary N) is 1. The van der Waals surface area contributed by atoms with Crippen LogP contribution in [-0.2, 0) is 0 Å². The van der Waals surface area contributed by atoms with Gasteiger partial charge in [-0.3, -0.25) is 0 Å². The van der Waals surface area contributed by atoms with Crippen LogP contribution in [0.2, 0.25) is 5.02 Å². The van der Waals surface area contributed by atoms with Crippen molar-refractivity contribution in [3.8, 4) is 5.75 Å². The Balaban J connectivity index is 2.18. The number of benzene rings is 2. The van der Waals surface area contributed by atoms with E-state index in [-0.39, 0.29) is 0 Å². The smallest absolute Gasteiger partial charge is 0.144 e. The van der Waals surface area contributed by atoms with Gasteiger partial charge >= 0.3 is 0 Å². The van der Waals surface area contributed by atoms with Crippen LogP contribution in [0.25, 0.3) is 0 Å². The number of nitrogens with two attached hydrogens (primary N) is 1. The van der Waals surface area contributed by atoms with Gasteiger partial charge in [-0.05, 0) is 43.3 Å². The molecule has 0 fully saturated rings. The zero-order valence-corrected chi connectivity index (χ0v) is 10.9. The van der Waals surface area contributed by atoms with E-state index in [1.807, 2.05) is 49.4 Å². The van der Waals surface area contributed by atoms with Crippen LogP contribution in [0.1, 0.15) is 6.92 Å². The van der Waals surface area contributed by atoms with Crippen molar-refractivity contribution in [2.75, 3.05) is 17.7 Å². The summed E-state index contributed by atoms with van der Waals surface area (Å²) in [4.78, 5) is 0. The molecule has 2 aromatic carbocycles. The van der Waals surface area contributed by atoms with Crippen molar-refractivity contribution in [2.45, 2.75) is 6.92 Å². The first kappa shape index (κ1) is 12.6. The average Bonchev–Trinajstić information content (AvgIpc) is 2.37. The number of halogens is 1. The van der Waals surface area contributed by atoms with E-state index in [4.69, 9.17) is 22.1 Å². The zero-order valence-electron chi connectivity index (χ0n) is 10.1. The number of rotatable bonds is 4. The van der Waals surface area contributed by atoms with Gasteiger partial charge in [0.1, 0.15) is 5.75 Å². The maximum Gasteiger partial charge on any atom is 0.144 e. The fraction of sp³-hybridized carbons (Fsp3) is 0.143. The van der Waals surface area contributed by atoms with Gasteiger partial charge in [-0.15, -0.1) is 0 Å². The predicted molar refractivity (Wildman–Crippen MR) is 76.8 cm³/mol. The fourth-order valence-electron chi connectivity index (χ4n) is 1.59. The minimum Gasteiger partial charge on any atom is -0.492 e. The highest BCUT2D eigenvalue weighted by Gasteiger charge is 2.02. The van der Waals surface area contributed by atoms with E-state index >= 15 is 0 Å². The van der Waals surface area contributed by atoms with Gasteiger partial charge in [0.2, 0.25) is 0 Å². The van der Waals surface area contributed by atoms with Crippen molar-refractivity contribution in [2.24, 2.45) is 0 Å². The highest BCUT2D eigenvalue weighted by Crippen LogP contribution is 2.27. The Morgan fingerprint density at radius 2 is 1.78 bits per heavy atom. The molecule has 0 saturated heterocycles. The summed E-state index contributed by atoms with van der Waals surface area (Å²) in [6.07, 6.45) is 0. The number of hydrogen-bond acceptors (Lipinski definition) is 3. The van der Waals surface area contributed by atoms with Crippen LogP contribution in [0, 0.1) is 0 Å². The highest BCUT2D eigenvalue weighted by molar-refractivity contribution is 6.30. The highest BCUT2D eigenvalue weighted by atomic mass is 35.5. The Morgan fingerprint density at radius 3 is 2.44 bits per heavy atom. The molecule has 0 aliphatic carbocycles. The Bertz CT molecular complexity index is 526. The van der Waals surface area contributed by atoms with Crippen LogP contribution in [0.5, 0.6) is 5.75 Å². The van der Waals surface area contributed by atoms with Gasteiger partial charge in [0, 0.05) is 22.5 Å². The number of anilines is 3. The predicted octanol–water partition coefficient (Wildman–Crippen LogP) is 4.06. The van der Waals surface area contributed by atoms with E-state index in [1.165, 1.54) is 0 Å². The van der Waals surface area contributed by atoms with Crippen molar-refractivity contribution in [1.82, 2.24) is 0 Å². The molecule has 0 radical (unpaired) electrons. The summed E-state index contributed by atoms with van der Waals surface area (Å²) in [6.45, 7) is 2.52. The van der Waals surface area contributed by atoms with Gasteiger partial charge in [0.05, 0.1) is 12.3 Å². The molecule has 0 amide bonds. The Morgan fingerprint density at radius 1 is 1.11 bits per heavy atom. The number of hydrogen-bond donors (Lipinski definition) is 2. The molecular formula is C14H15ClN2O. The monoisotopic (exact) mass is 262 g/mol. The molecule has 4 heteroatoms. The molecule has 2 rings (SSSR count). The number of nitrogen functional groups attached to an aromatic ring is 1. The quantitative estimate of drug-likeness (QED) is 0.817. The molecule has 0 aliphatic heterocycles. The molecule has 2 aromatic rings. The van der Waals surface area contributed by atoms with Crippen molar-refractivity contribution in [3.63, 3.8) is 0 Å². The van der Waals surface area contributed by atoms with E-state index in [0.717, 1.165) is 11.4 Å².